The van der Waals surface area contributed by atoms with E-state index < -0.39 is 0 Å². The largest absolute Gasteiger partial charge is 0.300 e. The molecule has 1 heterocycles. The second-order valence-electron chi connectivity index (χ2n) is 3.27. The molecule has 0 saturated carbocycles. The first-order chi connectivity index (χ1) is 7.33. The van der Waals surface area contributed by atoms with E-state index in [1.807, 2.05) is 24.3 Å². The van der Waals surface area contributed by atoms with E-state index in [4.69, 9.17) is 11.6 Å². The minimum atomic E-state index is 0.111. The van der Waals surface area contributed by atoms with E-state index >= 15 is 0 Å². The number of alkyl halides is 1. The maximum Gasteiger partial charge on any atom is 0.232 e. The van der Waals surface area contributed by atoms with Crippen LogP contribution >= 0.6 is 11.6 Å². The average molecular weight is 220 g/mol. The van der Waals surface area contributed by atoms with Gasteiger partial charge in [-0.15, -0.1) is 11.6 Å². The first-order valence-corrected chi connectivity index (χ1v) is 5.26. The molecule has 0 saturated heterocycles. The van der Waals surface area contributed by atoms with Crippen LogP contribution in [0.5, 0.6) is 0 Å². The minimum absolute atomic E-state index is 0.111. The zero-order chi connectivity index (χ0) is 10.7. The normalized spacial score (nSPS) is 13.4. The van der Waals surface area contributed by atoms with Gasteiger partial charge < -0.3 is 4.90 Å². The number of carbonyl (C=O) groups is 1. The van der Waals surface area contributed by atoms with Gasteiger partial charge >= 0.3 is 0 Å². The van der Waals surface area contributed by atoms with Crippen molar-refractivity contribution in [3.63, 3.8) is 0 Å². The number of halogens is 1. The lowest BCUT2D eigenvalue weighted by molar-refractivity contribution is -0.117. The third-order valence-corrected chi connectivity index (χ3v) is 2.49. The van der Waals surface area contributed by atoms with E-state index in [0.29, 0.717) is 18.8 Å². The number of amides is 1. The van der Waals surface area contributed by atoms with Gasteiger partial charge in [0.15, 0.2) is 0 Å². The molecule has 0 N–H and O–H groups in total. The molecule has 3 heteroatoms. The molecule has 15 heavy (non-hydrogen) atoms. The van der Waals surface area contributed by atoms with Crippen molar-refractivity contribution in [2.75, 3.05) is 17.3 Å². The summed E-state index contributed by atoms with van der Waals surface area (Å²) in [6.07, 6.45) is 0.485. The molecule has 0 spiro atoms. The molecule has 2 nitrogen and oxygen atoms in total. The van der Waals surface area contributed by atoms with Crippen LogP contribution in [0, 0.1) is 11.8 Å². The van der Waals surface area contributed by atoms with Gasteiger partial charge in [-0.25, -0.2) is 0 Å². The Morgan fingerprint density at radius 2 is 2.13 bits per heavy atom. The van der Waals surface area contributed by atoms with Crippen molar-refractivity contribution in [3.05, 3.63) is 29.8 Å². The molecule has 0 bridgehead atoms. The molecular weight excluding hydrogens is 210 g/mol. The molecule has 76 valence electrons. The van der Waals surface area contributed by atoms with E-state index in [1.54, 1.807) is 4.90 Å². The molecule has 2 rings (SSSR count). The highest BCUT2D eigenvalue weighted by Gasteiger charge is 2.25. The Hall–Kier alpha value is -1.46. The van der Waals surface area contributed by atoms with E-state index in [1.165, 1.54) is 0 Å². The van der Waals surface area contributed by atoms with Gasteiger partial charge in [0.25, 0.3) is 0 Å². The first-order valence-electron chi connectivity index (χ1n) is 4.73. The van der Waals surface area contributed by atoms with Crippen LogP contribution in [0.15, 0.2) is 24.3 Å². The molecule has 1 aromatic carbocycles. The van der Waals surface area contributed by atoms with E-state index in [-0.39, 0.29) is 5.91 Å². The molecule has 0 fully saturated rings. The molecule has 0 aromatic heterocycles. The predicted molar refractivity (Wildman–Crippen MR) is 61.0 cm³/mol. The molecule has 1 aliphatic rings. The van der Waals surface area contributed by atoms with Crippen LogP contribution in [-0.4, -0.2) is 18.3 Å². The van der Waals surface area contributed by atoms with Gasteiger partial charge in [-0.2, -0.15) is 0 Å². The fraction of sp³-hybridized carbons (Fsp3) is 0.250. The molecular formula is C12H10ClNO. The van der Waals surface area contributed by atoms with Crippen LogP contribution in [0.25, 0.3) is 0 Å². The second-order valence-corrected chi connectivity index (χ2v) is 3.54. The van der Waals surface area contributed by atoms with Gasteiger partial charge in [-0.1, -0.05) is 30.0 Å². The van der Waals surface area contributed by atoms with Crippen LogP contribution in [0.4, 0.5) is 5.69 Å². The van der Waals surface area contributed by atoms with Crippen molar-refractivity contribution in [2.45, 2.75) is 6.42 Å². The van der Waals surface area contributed by atoms with Gasteiger partial charge in [0, 0.05) is 5.69 Å². The number of carbonyl (C=O) groups excluding carboxylic acids is 1. The van der Waals surface area contributed by atoms with Gasteiger partial charge in [-0.05, 0) is 11.6 Å². The maximum absolute atomic E-state index is 11.7. The van der Waals surface area contributed by atoms with Gasteiger partial charge in [-0.3, -0.25) is 4.79 Å². The van der Waals surface area contributed by atoms with Crippen LogP contribution in [0.3, 0.4) is 0 Å². The Morgan fingerprint density at radius 3 is 2.93 bits per heavy atom. The smallest absolute Gasteiger partial charge is 0.232 e. The fourth-order valence-corrected chi connectivity index (χ4v) is 1.77. The molecule has 1 amide bonds. The van der Waals surface area contributed by atoms with E-state index in [9.17, 15) is 4.79 Å². The van der Waals surface area contributed by atoms with E-state index in [0.717, 1.165) is 11.3 Å². The van der Waals surface area contributed by atoms with Crippen molar-refractivity contribution in [1.29, 1.82) is 0 Å². The fourth-order valence-electron chi connectivity index (χ4n) is 1.67. The van der Waals surface area contributed by atoms with Crippen LogP contribution in [-0.2, 0) is 11.2 Å². The van der Waals surface area contributed by atoms with Crippen molar-refractivity contribution in [1.82, 2.24) is 0 Å². The van der Waals surface area contributed by atoms with Crippen molar-refractivity contribution < 1.29 is 4.79 Å². The number of hydrogen-bond donors (Lipinski definition) is 0. The Balaban J connectivity index is 2.22. The Kier molecular flexibility index (Phi) is 2.94. The number of anilines is 1. The van der Waals surface area contributed by atoms with Gasteiger partial charge in [0.1, 0.15) is 0 Å². The number of para-hydroxylation sites is 1. The minimum Gasteiger partial charge on any atom is -0.300 e. The predicted octanol–water partition coefficient (Wildman–Crippen LogP) is 1.82. The number of nitrogens with zero attached hydrogens (tertiary/aromatic N) is 1. The van der Waals surface area contributed by atoms with Crippen molar-refractivity contribution in [2.24, 2.45) is 0 Å². The highest BCUT2D eigenvalue weighted by atomic mass is 35.5. The quantitative estimate of drug-likeness (QED) is 0.521. The van der Waals surface area contributed by atoms with Crippen LogP contribution in [0.1, 0.15) is 5.56 Å². The third kappa shape index (κ3) is 1.98. The standard InChI is InChI=1S/C12H10ClNO/c13-7-3-4-8-14-11-6-2-1-5-10(11)9-12(14)15/h1-2,5-6H,7-9H2. The number of rotatable bonds is 1. The van der Waals surface area contributed by atoms with Crippen LogP contribution < -0.4 is 4.90 Å². The Morgan fingerprint density at radius 1 is 1.33 bits per heavy atom. The second kappa shape index (κ2) is 4.37. The zero-order valence-electron chi connectivity index (χ0n) is 8.16. The van der Waals surface area contributed by atoms with Crippen molar-refractivity contribution in [3.8, 4) is 11.8 Å². The summed E-state index contributed by atoms with van der Waals surface area (Å²) in [5.41, 5.74) is 2.06. The summed E-state index contributed by atoms with van der Waals surface area (Å²) in [4.78, 5) is 13.4. The number of benzene rings is 1. The molecule has 0 aliphatic carbocycles. The summed E-state index contributed by atoms with van der Waals surface area (Å²) < 4.78 is 0. The molecule has 1 aromatic rings. The summed E-state index contributed by atoms with van der Waals surface area (Å²) >= 11 is 5.45. The lowest BCUT2D eigenvalue weighted by atomic mass is 10.2. The summed E-state index contributed by atoms with van der Waals surface area (Å²) in [6.45, 7) is 0.433. The summed E-state index contributed by atoms with van der Waals surface area (Å²) in [7, 11) is 0. The van der Waals surface area contributed by atoms with Gasteiger partial charge in [0.05, 0.1) is 18.8 Å². The highest BCUT2D eigenvalue weighted by molar-refractivity contribution is 6.19. The molecule has 0 atom stereocenters. The lowest BCUT2D eigenvalue weighted by Crippen LogP contribution is -2.26. The highest BCUT2D eigenvalue weighted by Crippen LogP contribution is 2.27. The topological polar surface area (TPSA) is 20.3 Å². The maximum atomic E-state index is 11.7. The summed E-state index contributed by atoms with van der Waals surface area (Å²) in [5.74, 6) is 6.04. The summed E-state index contributed by atoms with van der Waals surface area (Å²) in [6, 6.07) is 7.80. The number of hydrogen-bond acceptors (Lipinski definition) is 1. The van der Waals surface area contributed by atoms with E-state index in [2.05, 4.69) is 11.8 Å². The molecule has 0 radical (unpaired) electrons. The summed E-state index contributed by atoms with van der Waals surface area (Å²) in [5, 5.41) is 0. The molecule has 0 unspecified atom stereocenters. The monoisotopic (exact) mass is 219 g/mol. The Labute approximate surface area is 93.8 Å². The third-order valence-electron chi connectivity index (χ3n) is 2.35. The average Bonchev–Trinajstić information content (AvgIpc) is 2.56. The lowest BCUT2D eigenvalue weighted by Gasteiger charge is -2.13. The Bertz CT molecular complexity index is 444. The van der Waals surface area contributed by atoms with Crippen molar-refractivity contribution >= 4 is 23.2 Å². The molecule has 1 aliphatic heterocycles. The number of fused-ring (bicyclic) bond motifs is 1. The van der Waals surface area contributed by atoms with Gasteiger partial charge in [0.2, 0.25) is 5.91 Å². The SMILES string of the molecule is O=C1Cc2ccccc2N1CC#CCCl. The zero-order valence-corrected chi connectivity index (χ0v) is 8.92. The first kappa shape index (κ1) is 10.1. The van der Waals surface area contributed by atoms with Crippen LogP contribution in [0.2, 0.25) is 0 Å².